The number of hydrogen-bond acceptors (Lipinski definition) is 3. The van der Waals surface area contributed by atoms with Crippen molar-refractivity contribution in [2.24, 2.45) is 0 Å². The lowest BCUT2D eigenvalue weighted by Gasteiger charge is -2.14. The second-order valence-electron chi connectivity index (χ2n) is 4.57. The number of carbonyl (C=O) groups is 1. The van der Waals surface area contributed by atoms with Crippen molar-refractivity contribution >= 4 is 11.6 Å². The third kappa shape index (κ3) is 4.99. The summed E-state index contributed by atoms with van der Waals surface area (Å²) in [6.45, 7) is 3.45. The first-order valence-corrected chi connectivity index (χ1v) is 6.09. The minimum Gasteiger partial charge on any atom is -0.492 e. The molecule has 7 heteroatoms. The fraction of sp³-hybridized carbons (Fsp3) is 0.462. The quantitative estimate of drug-likeness (QED) is 0.819. The molecule has 0 aliphatic carbocycles. The first-order chi connectivity index (χ1) is 9.20. The van der Waals surface area contributed by atoms with Gasteiger partial charge in [-0.05, 0) is 32.0 Å². The predicted molar refractivity (Wildman–Crippen MR) is 69.2 cm³/mol. The summed E-state index contributed by atoms with van der Waals surface area (Å²) in [6, 6.07) is 3.26. The summed E-state index contributed by atoms with van der Waals surface area (Å²) < 4.78 is 43.3. The predicted octanol–water partition coefficient (Wildman–Crippen LogP) is 2.58. The normalized spacial score (nSPS) is 11.5. The standard InChI is InChI=1S/C13H17F3N2O2/c1-8(2)18-12(19)5-6-20-11-4-3-9(17)7-10(11)13(14,15)16/h3-4,7-8H,5-6,17H2,1-2H3,(H,18,19). The first-order valence-electron chi connectivity index (χ1n) is 6.09. The van der Waals surface area contributed by atoms with E-state index in [1.807, 2.05) is 0 Å². The number of ether oxygens (including phenoxy) is 1. The van der Waals surface area contributed by atoms with E-state index < -0.39 is 11.7 Å². The zero-order valence-corrected chi connectivity index (χ0v) is 11.3. The number of nitrogens with one attached hydrogen (secondary N) is 1. The van der Waals surface area contributed by atoms with Crippen molar-refractivity contribution in [2.45, 2.75) is 32.5 Å². The van der Waals surface area contributed by atoms with Gasteiger partial charge in [0, 0.05) is 11.7 Å². The largest absolute Gasteiger partial charge is 0.492 e. The molecular formula is C13H17F3N2O2. The van der Waals surface area contributed by atoms with E-state index in [0.717, 1.165) is 12.1 Å². The van der Waals surface area contributed by atoms with E-state index in [2.05, 4.69) is 5.32 Å². The fourth-order valence-electron chi connectivity index (χ4n) is 1.54. The SMILES string of the molecule is CC(C)NC(=O)CCOc1ccc(N)cc1C(F)(F)F. The lowest BCUT2D eigenvalue weighted by atomic mass is 10.1. The van der Waals surface area contributed by atoms with Crippen LogP contribution in [0.15, 0.2) is 18.2 Å². The van der Waals surface area contributed by atoms with E-state index in [-0.39, 0.29) is 36.4 Å². The zero-order chi connectivity index (χ0) is 15.3. The van der Waals surface area contributed by atoms with Gasteiger partial charge in [0.05, 0.1) is 18.6 Å². The minimum absolute atomic E-state index is 0.00206. The summed E-state index contributed by atoms with van der Waals surface area (Å²) in [7, 11) is 0. The average Bonchev–Trinajstić information content (AvgIpc) is 2.28. The summed E-state index contributed by atoms with van der Waals surface area (Å²) in [5.41, 5.74) is 4.40. The van der Waals surface area contributed by atoms with Gasteiger partial charge in [0.1, 0.15) is 5.75 Å². The van der Waals surface area contributed by atoms with Crippen LogP contribution >= 0.6 is 0 Å². The molecule has 0 aliphatic heterocycles. The van der Waals surface area contributed by atoms with Crippen molar-refractivity contribution in [2.75, 3.05) is 12.3 Å². The Bertz CT molecular complexity index is 473. The molecule has 0 aliphatic rings. The maximum Gasteiger partial charge on any atom is 0.420 e. The number of nitrogen functional groups attached to an aromatic ring is 1. The highest BCUT2D eigenvalue weighted by atomic mass is 19.4. The number of amides is 1. The molecule has 0 spiro atoms. The number of alkyl halides is 3. The Hall–Kier alpha value is -1.92. The molecule has 112 valence electrons. The van der Waals surface area contributed by atoms with Crippen LogP contribution in [0.5, 0.6) is 5.75 Å². The van der Waals surface area contributed by atoms with Crippen molar-refractivity contribution in [1.82, 2.24) is 5.32 Å². The van der Waals surface area contributed by atoms with Gasteiger partial charge >= 0.3 is 6.18 Å². The molecule has 0 bridgehead atoms. The third-order valence-corrected chi connectivity index (χ3v) is 2.35. The molecule has 1 aromatic carbocycles. The molecule has 1 rings (SSSR count). The van der Waals surface area contributed by atoms with Crippen LogP contribution in [0, 0.1) is 0 Å². The van der Waals surface area contributed by atoms with Crippen molar-refractivity contribution in [1.29, 1.82) is 0 Å². The van der Waals surface area contributed by atoms with Gasteiger partial charge in [-0.3, -0.25) is 4.79 Å². The molecular weight excluding hydrogens is 273 g/mol. The molecule has 0 aromatic heterocycles. The Morgan fingerprint density at radius 3 is 2.60 bits per heavy atom. The van der Waals surface area contributed by atoms with Crippen LogP contribution in [0.25, 0.3) is 0 Å². The van der Waals surface area contributed by atoms with Gasteiger partial charge in [-0.1, -0.05) is 0 Å². The van der Waals surface area contributed by atoms with Crippen molar-refractivity contribution < 1.29 is 22.7 Å². The Kier molecular flexibility index (Phi) is 5.24. The van der Waals surface area contributed by atoms with Crippen LogP contribution in [0.2, 0.25) is 0 Å². The van der Waals surface area contributed by atoms with Crippen LogP contribution in [0.4, 0.5) is 18.9 Å². The Morgan fingerprint density at radius 1 is 1.40 bits per heavy atom. The molecule has 0 atom stereocenters. The second kappa shape index (κ2) is 6.49. The number of hydrogen-bond donors (Lipinski definition) is 2. The van der Waals surface area contributed by atoms with E-state index in [9.17, 15) is 18.0 Å². The molecule has 0 saturated heterocycles. The molecule has 20 heavy (non-hydrogen) atoms. The van der Waals surface area contributed by atoms with E-state index >= 15 is 0 Å². The van der Waals surface area contributed by atoms with Gasteiger partial charge < -0.3 is 15.8 Å². The summed E-state index contributed by atoms with van der Waals surface area (Å²) in [4.78, 5) is 11.3. The number of anilines is 1. The smallest absolute Gasteiger partial charge is 0.420 e. The highest BCUT2D eigenvalue weighted by Gasteiger charge is 2.34. The maximum atomic E-state index is 12.8. The van der Waals surface area contributed by atoms with Gasteiger partial charge in [0.15, 0.2) is 0 Å². The molecule has 0 unspecified atom stereocenters. The second-order valence-corrected chi connectivity index (χ2v) is 4.57. The average molecular weight is 290 g/mol. The van der Waals surface area contributed by atoms with Crippen molar-refractivity contribution in [3.05, 3.63) is 23.8 Å². The van der Waals surface area contributed by atoms with Crippen molar-refractivity contribution in [3.8, 4) is 5.75 Å². The van der Waals surface area contributed by atoms with E-state index in [0.29, 0.717) is 0 Å². The molecule has 0 heterocycles. The van der Waals surface area contributed by atoms with Gasteiger partial charge in [-0.2, -0.15) is 13.2 Å². The molecule has 0 fully saturated rings. The summed E-state index contributed by atoms with van der Waals surface area (Å²) in [5.74, 6) is -0.604. The monoisotopic (exact) mass is 290 g/mol. The third-order valence-electron chi connectivity index (χ3n) is 2.35. The first kappa shape index (κ1) is 16.1. The van der Waals surface area contributed by atoms with Crippen molar-refractivity contribution in [3.63, 3.8) is 0 Å². The summed E-state index contributed by atoms with van der Waals surface area (Å²) in [5, 5.41) is 2.62. The molecule has 0 saturated carbocycles. The summed E-state index contributed by atoms with van der Waals surface area (Å²) >= 11 is 0. The number of carbonyl (C=O) groups excluding carboxylic acids is 1. The summed E-state index contributed by atoms with van der Waals surface area (Å²) in [6.07, 6.45) is -4.56. The number of halogens is 3. The maximum absolute atomic E-state index is 12.8. The van der Waals surface area contributed by atoms with Gasteiger partial charge in [-0.15, -0.1) is 0 Å². The topological polar surface area (TPSA) is 64.3 Å². The molecule has 1 amide bonds. The Labute approximate surface area is 115 Å². The van der Waals surface area contributed by atoms with Gasteiger partial charge in [-0.25, -0.2) is 0 Å². The van der Waals surface area contributed by atoms with E-state index in [1.165, 1.54) is 6.07 Å². The zero-order valence-electron chi connectivity index (χ0n) is 11.3. The van der Waals surface area contributed by atoms with Gasteiger partial charge in [0.2, 0.25) is 5.91 Å². The molecule has 1 aromatic rings. The van der Waals surface area contributed by atoms with Crippen LogP contribution < -0.4 is 15.8 Å². The highest BCUT2D eigenvalue weighted by molar-refractivity contribution is 5.76. The van der Waals surface area contributed by atoms with Crippen LogP contribution in [0.1, 0.15) is 25.8 Å². The lowest BCUT2D eigenvalue weighted by Crippen LogP contribution is -2.31. The lowest BCUT2D eigenvalue weighted by molar-refractivity contribution is -0.138. The molecule has 4 nitrogen and oxygen atoms in total. The van der Waals surface area contributed by atoms with E-state index in [1.54, 1.807) is 13.8 Å². The fourth-order valence-corrected chi connectivity index (χ4v) is 1.54. The molecule has 0 radical (unpaired) electrons. The number of benzene rings is 1. The van der Waals surface area contributed by atoms with Crippen LogP contribution in [-0.4, -0.2) is 18.6 Å². The number of rotatable bonds is 5. The van der Waals surface area contributed by atoms with E-state index in [4.69, 9.17) is 10.5 Å². The van der Waals surface area contributed by atoms with Gasteiger partial charge in [0.25, 0.3) is 0 Å². The minimum atomic E-state index is -4.55. The Balaban J connectivity index is 2.67. The van der Waals surface area contributed by atoms with Crippen LogP contribution in [-0.2, 0) is 11.0 Å². The Morgan fingerprint density at radius 2 is 2.05 bits per heavy atom. The molecule has 3 N–H and O–H groups in total. The highest BCUT2D eigenvalue weighted by Crippen LogP contribution is 2.37. The van der Waals surface area contributed by atoms with Crippen LogP contribution in [0.3, 0.4) is 0 Å². The number of nitrogens with two attached hydrogens (primary N) is 1.